The highest BCUT2D eigenvalue weighted by atomic mass is 16.5. The molecule has 0 amide bonds. The Hall–Kier alpha value is -2.66. The first kappa shape index (κ1) is 19.1. The van der Waals surface area contributed by atoms with Gasteiger partial charge in [-0.1, -0.05) is 26.5 Å². The van der Waals surface area contributed by atoms with Crippen molar-refractivity contribution in [3.63, 3.8) is 0 Å². The van der Waals surface area contributed by atoms with Crippen molar-refractivity contribution in [1.29, 1.82) is 0 Å². The topological polar surface area (TPSA) is 41.5 Å². The summed E-state index contributed by atoms with van der Waals surface area (Å²) in [6, 6.07) is 16.2. The van der Waals surface area contributed by atoms with Gasteiger partial charge >= 0.3 is 0 Å². The number of nitrogens with zero attached hydrogens (tertiary/aromatic N) is 4. The van der Waals surface area contributed by atoms with Crippen molar-refractivity contribution >= 4 is 16.7 Å². The second-order valence-corrected chi connectivity index (χ2v) is 6.54. The molecule has 0 saturated carbocycles. The Morgan fingerprint density at radius 3 is 2.30 bits per heavy atom. The van der Waals surface area contributed by atoms with Gasteiger partial charge in [0.1, 0.15) is 11.6 Å². The van der Waals surface area contributed by atoms with Crippen molar-refractivity contribution in [2.24, 2.45) is 0 Å². The van der Waals surface area contributed by atoms with Gasteiger partial charge in [-0.2, -0.15) is 0 Å². The summed E-state index contributed by atoms with van der Waals surface area (Å²) in [7, 11) is 1.68. The molecule has 5 heteroatoms. The molecule has 0 aliphatic carbocycles. The van der Waals surface area contributed by atoms with E-state index in [1.54, 1.807) is 7.11 Å². The number of likely N-dealkylation sites (N-methyl/N-ethyl adjacent to an activating group) is 1. The summed E-state index contributed by atoms with van der Waals surface area (Å²) in [5.41, 5.74) is 1.99. The molecule has 4 rings (SSSR count). The monoisotopic (exact) mass is 364 g/mol. The zero-order chi connectivity index (χ0) is 17.9. The molecule has 0 unspecified atom stereocenters. The van der Waals surface area contributed by atoms with Gasteiger partial charge in [0.05, 0.1) is 12.6 Å². The molecule has 0 atom stereocenters. The van der Waals surface area contributed by atoms with E-state index in [4.69, 9.17) is 14.7 Å². The van der Waals surface area contributed by atoms with Gasteiger partial charge < -0.3 is 14.5 Å². The van der Waals surface area contributed by atoms with Crippen LogP contribution in [0, 0.1) is 0 Å². The summed E-state index contributed by atoms with van der Waals surface area (Å²) in [5, 5.41) is 1.12. The van der Waals surface area contributed by atoms with Crippen LogP contribution in [0.1, 0.15) is 14.4 Å². The van der Waals surface area contributed by atoms with Gasteiger partial charge in [0, 0.05) is 37.1 Å². The average molecular weight is 364 g/mol. The average Bonchev–Trinajstić information content (AvgIpc) is 2.73. The number of hydrogen-bond donors (Lipinski definition) is 0. The Bertz CT molecular complexity index is 886. The summed E-state index contributed by atoms with van der Waals surface area (Å²) < 4.78 is 5.26. The molecule has 1 saturated heterocycles. The fourth-order valence-corrected chi connectivity index (χ4v) is 3.45. The van der Waals surface area contributed by atoms with E-state index < -0.39 is 0 Å². The van der Waals surface area contributed by atoms with Crippen LogP contribution in [0.3, 0.4) is 0 Å². The van der Waals surface area contributed by atoms with E-state index in [1.165, 1.54) is 0 Å². The maximum atomic E-state index is 5.26. The number of piperazine rings is 1. The Labute approximate surface area is 161 Å². The molecule has 0 N–H and O–H groups in total. The molecule has 1 aliphatic rings. The number of aromatic nitrogens is 2. The predicted octanol–water partition coefficient (Wildman–Crippen LogP) is 4.08. The molecule has 1 aliphatic heterocycles. The predicted molar refractivity (Wildman–Crippen MR) is 113 cm³/mol. The van der Waals surface area contributed by atoms with Crippen LogP contribution in [0.5, 0.6) is 5.75 Å². The molecular weight excluding hydrogens is 336 g/mol. The molecule has 1 aromatic heterocycles. The van der Waals surface area contributed by atoms with Gasteiger partial charge in [-0.15, -0.1) is 0 Å². The van der Waals surface area contributed by atoms with Crippen molar-refractivity contribution in [1.82, 2.24) is 14.9 Å². The standard InChI is InChI=1S/C21H24N4O.CH4/c1-3-24-12-14-25(15-13-24)21-18-6-4-5-7-19(18)22-20(23-21)16-8-10-17(26-2)11-9-16;/h4-11H,3,12-15H2,1-2H3;1H4. The second-order valence-electron chi connectivity index (χ2n) is 6.54. The molecule has 5 nitrogen and oxygen atoms in total. The number of methoxy groups -OCH3 is 1. The normalized spacial score (nSPS) is 14.8. The zero-order valence-corrected chi connectivity index (χ0v) is 15.4. The van der Waals surface area contributed by atoms with Crippen LogP contribution in [0.4, 0.5) is 5.82 Å². The SMILES string of the molecule is C.CCN1CCN(c2nc(-c3ccc(OC)cc3)nc3ccccc23)CC1. The van der Waals surface area contributed by atoms with E-state index in [0.717, 1.165) is 66.6 Å². The maximum Gasteiger partial charge on any atom is 0.162 e. The number of rotatable bonds is 4. The van der Waals surface area contributed by atoms with Crippen molar-refractivity contribution < 1.29 is 4.74 Å². The van der Waals surface area contributed by atoms with Gasteiger partial charge in [-0.05, 0) is 42.9 Å². The molecule has 0 spiro atoms. The summed E-state index contributed by atoms with van der Waals surface area (Å²) in [6.45, 7) is 7.47. The van der Waals surface area contributed by atoms with Crippen LogP contribution in [-0.2, 0) is 0 Å². The molecule has 1 fully saturated rings. The van der Waals surface area contributed by atoms with E-state index in [0.29, 0.717) is 0 Å². The highest BCUT2D eigenvalue weighted by Gasteiger charge is 2.20. The number of anilines is 1. The quantitative estimate of drug-likeness (QED) is 0.698. The van der Waals surface area contributed by atoms with Crippen LogP contribution in [0.25, 0.3) is 22.3 Å². The number of fused-ring (bicyclic) bond motifs is 1. The third-order valence-electron chi connectivity index (χ3n) is 5.05. The van der Waals surface area contributed by atoms with Crippen LogP contribution in [-0.4, -0.2) is 54.7 Å². The van der Waals surface area contributed by atoms with Crippen molar-refractivity contribution in [3.05, 3.63) is 48.5 Å². The van der Waals surface area contributed by atoms with E-state index in [9.17, 15) is 0 Å². The summed E-state index contributed by atoms with van der Waals surface area (Å²) >= 11 is 0. The first-order valence-electron chi connectivity index (χ1n) is 9.17. The number of ether oxygens (including phenoxy) is 1. The Balaban J connectivity index is 0.00000210. The molecule has 2 aromatic carbocycles. The molecule has 3 aromatic rings. The Kier molecular flexibility index (Phi) is 5.91. The highest BCUT2D eigenvalue weighted by Crippen LogP contribution is 2.29. The smallest absolute Gasteiger partial charge is 0.162 e. The van der Waals surface area contributed by atoms with Crippen LogP contribution < -0.4 is 9.64 Å². The van der Waals surface area contributed by atoms with E-state index >= 15 is 0 Å². The third kappa shape index (κ3) is 3.88. The molecule has 27 heavy (non-hydrogen) atoms. The lowest BCUT2D eigenvalue weighted by Crippen LogP contribution is -2.46. The Morgan fingerprint density at radius 2 is 1.63 bits per heavy atom. The first-order chi connectivity index (χ1) is 12.8. The first-order valence-corrected chi connectivity index (χ1v) is 9.17. The van der Waals surface area contributed by atoms with Gasteiger partial charge in [0.25, 0.3) is 0 Å². The second kappa shape index (κ2) is 8.35. The van der Waals surface area contributed by atoms with Gasteiger partial charge in [0.2, 0.25) is 0 Å². The van der Waals surface area contributed by atoms with Crippen molar-refractivity contribution in [2.75, 3.05) is 44.7 Å². The largest absolute Gasteiger partial charge is 0.497 e. The zero-order valence-electron chi connectivity index (χ0n) is 15.4. The summed E-state index contributed by atoms with van der Waals surface area (Å²) in [5.74, 6) is 2.64. The van der Waals surface area contributed by atoms with Crippen LogP contribution in [0.2, 0.25) is 0 Å². The van der Waals surface area contributed by atoms with Gasteiger partial charge in [-0.25, -0.2) is 9.97 Å². The molecule has 2 heterocycles. The third-order valence-corrected chi connectivity index (χ3v) is 5.05. The fraction of sp³-hybridized carbons (Fsp3) is 0.364. The van der Waals surface area contributed by atoms with Crippen LogP contribution >= 0.6 is 0 Å². The lowest BCUT2D eigenvalue weighted by molar-refractivity contribution is 0.271. The number of hydrogen-bond acceptors (Lipinski definition) is 5. The molecule has 142 valence electrons. The number of benzene rings is 2. The van der Waals surface area contributed by atoms with E-state index in [2.05, 4.69) is 34.9 Å². The van der Waals surface area contributed by atoms with Gasteiger partial charge in [0.15, 0.2) is 5.82 Å². The van der Waals surface area contributed by atoms with Crippen LogP contribution in [0.15, 0.2) is 48.5 Å². The molecular formula is C22H28N4O. The van der Waals surface area contributed by atoms with E-state index in [1.807, 2.05) is 30.3 Å². The lowest BCUT2D eigenvalue weighted by atomic mass is 10.1. The van der Waals surface area contributed by atoms with E-state index in [-0.39, 0.29) is 7.43 Å². The minimum Gasteiger partial charge on any atom is -0.497 e. The summed E-state index contributed by atoms with van der Waals surface area (Å²) in [4.78, 5) is 14.6. The molecule has 0 bridgehead atoms. The maximum absolute atomic E-state index is 5.26. The highest BCUT2D eigenvalue weighted by molar-refractivity contribution is 5.91. The van der Waals surface area contributed by atoms with Crippen molar-refractivity contribution in [3.8, 4) is 17.1 Å². The summed E-state index contributed by atoms with van der Waals surface area (Å²) in [6.07, 6.45) is 0. The molecule has 0 radical (unpaired) electrons. The lowest BCUT2D eigenvalue weighted by Gasteiger charge is -2.35. The Morgan fingerprint density at radius 1 is 0.926 bits per heavy atom. The van der Waals surface area contributed by atoms with Crippen molar-refractivity contribution in [2.45, 2.75) is 14.4 Å². The minimum absolute atomic E-state index is 0. The minimum atomic E-state index is 0. The fourth-order valence-electron chi connectivity index (χ4n) is 3.45. The number of para-hydroxylation sites is 1. The van der Waals surface area contributed by atoms with Gasteiger partial charge in [-0.3, -0.25) is 0 Å².